The Morgan fingerprint density at radius 1 is 1.10 bits per heavy atom. The Kier molecular flexibility index (Phi) is 4.36. The average Bonchev–Trinajstić information content (AvgIpc) is 2.52. The fourth-order valence-corrected chi connectivity index (χ4v) is 3.50. The average molecular weight is 358 g/mol. The molecule has 0 aliphatic carbocycles. The van der Waals surface area contributed by atoms with Crippen molar-refractivity contribution < 1.29 is 4.79 Å². The second-order valence-corrected chi connectivity index (χ2v) is 6.51. The first kappa shape index (κ1) is 14.3. The van der Waals surface area contributed by atoms with Gasteiger partial charge in [-0.1, -0.05) is 40.2 Å². The zero-order valence-corrected chi connectivity index (χ0v) is 13.5. The van der Waals surface area contributed by atoms with E-state index in [0.29, 0.717) is 11.3 Å². The van der Waals surface area contributed by atoms with Gasteiger partial charge in [-0.05, 0) is 30.3 Å². The number of halogens is 1. The maximum atomic E-state index is 12.4. The standard InChI is InChI=1S/C17H12BrNOS/c18-13-6-2-7-14(10-13)21-11-16(20)15-8-1-4-12-5-3-9-19-17(12)15/h1-10H,11H2. The summed E-state index contributed by atoms with van der Waals surface area (Å²) in [4.78, 5) is 17.9. The molecule has 0 radical (unpaired) electrons. The van der Waals surface area contributed by atoms with Gasteiger partial charge in [0.05, 0.1) is 11.3 Å². The molecule has 0 unspecified atom stereocenters. The molecule has 0 aliphatic heterocycles. The zero-order chi connectivity index (χ0) is 14.7. The van der Waals surface area contributed by atoms with E-state index in [2.05, 4.69) is 20.9 Å². The normalized spacial score (nSPS) is 10.7. The highest BCUT2D eigenvalue weighted by Crippen LogP contribution is 2.24. The van der Waals surface area contributed by atoms with Crippen molar-refractivity contribution in [1.29, 1.82) is 0 Å². The first-order valence-electron chi connectivity index (χ1n) is 6.49. The molecule has 0 amide bonds. The van der Waals surface area contributed by atoms with Crippen molar-refractivity contribution in [2.45, 2.75) is 4.90 Å². The van der Waals surface area contributed by atoms with Crippen molar-refractivity contribution in [2.75, 3.05) is 5.75 Å². The van der Waals surface area contributed by atoms with Crippen molar-refractivity contribution in [3.63, 3.8) is 0 Å². The molecular weight excluding hydrogens is 346 g/mol. The van der Waals surface area contributed by atoms with E-state index in [1.807, 2.05) is 54.6 Å². The minimum atomic E-state index is 0.101. The molecule has 0 bridgehead atoms. The van der Waals surface area contributed by atoms with Gasteiger partial charge in [0.1, 0.15) is 0 Å². The lowest BCUT2D eigenvalue weighted by molar-refractivity contribution is 0.102. The van der Waals surface area contributed by atoms with E-state index in [-0.39, 0.29) is 5.78 Å². The molecule has 21 heavy (non-hydrogen) atoms. The maximum absolute atomic E-state index is 12.4. The van der Waals surface area contributed by atoms with Crippen molar-refractivity contribution in [3.8, 4) is 0 Å². The molecule has 0 spiro atoms. The Hall–Kier alpha value is -1.65. The molecule has 3 rings (SSSR count). The van der Waals surface area contributed by atoms with Gasteiger partial charge >= 0.3 is 0 Å². The number of pyridine rings is 1. The largest absolute Gasteiger partial charge is 0.293 e. The summed E-state index contributed by atoms with van der Waals surface area (Å²) in [5.74, 6) is 0.510. The van der Waals surface area contributed by atoms with E-state index in [1.165, 1.54) is 11.8 Å². The van der Waals surface area contributed by atoms with Gasteiger partial charge in [-0.2, -0.15) is 0 Å². The van der Waals surface area contributed by atoms with Crippen LogP contribution >= 0.6 is 27.7 Å². The highest BCUT2D eigenvalue weighted by atomic mass is 79.9. The summed E-state index contributed by atoms with van der Waals surface area (Å²) in [6.45, 7) is 0. The predicted molar refractivity (Wildman–Crippen MR) is 90.9 cm³/mol. The number of nitrogens with zero attached hydrogens (tertiary/aromatic N) is 1. The SMILES string of the molecule is O=C(CSc1cccc(Br)c1)c1cccc2cccnc12. The molecule has 2 aromatic carbocycles. The van der Waals surface area contributed by atoms with Gasteiger partial charge in [0.2, 0.25) is 0 Å². The number of thioether (sulfide) groups is 1. The fraction of sp³-hybridized carbons (Fsp3) is 0.0588. The number of hydrogen-bond acceptors (Lipinski definition) is 3. The minimum absolute atomic E-state index is 0.101. The number of Topliss-reactive ketones (excluding diaryl/α,β-unsaturated/α-hetero) is 1. The Morgan fingerprint density at radius 3 is 2.76 bits per heavy atom. The van der Waals surface area contributed by atoms with Gasteiger partial charge in [-0.3, -0.25) is 9.78 Å². The van der Waals surface area contributed by atoms with Crippen LogP contribution in [-0.2, 0) is 0 Å². The topological polar surface area (TPSA) is 30.0 Å². The van der Waals surface area contributed by atoms with Crippen LogP contribution in [0.1, 0.15) is 10.4 Å². The number of ketones is 1. The Balaban J connectivity index is 1.81. The maximum Gasteiger partial charge on any atom is 0.175 e. The number of carbonyl (C=O) groups excluding carboxylic acids is 1. The summed E-state index contributed by atoms with van der Waals surface area (Å²) < 4.78 is 1.02. The van der Waals surface area contributed by atoms with E-state index in [0.717, 1.165) is 20.3 Å². The molecule has 104 valence electrons. The number of hydrogen-bond donors (Lipinski definition) is 0. The molecule has 0 saturated carbocycles. The third-order valence-electron chi connectivity index (χ3n) is 3.10. The monoisotopic (exact) mass is 357 g/mol. The van der Waals surface area contributed by atoms with Crippen LogP contribution in [0.15, 0.2) is 70.2 Å². The summed E-state index contributed by atoms with van der Waals surface area (Å²) in [6, 6.07) is 17.5. The summed E-state index contributed by atoms with van der Waals surface area (Å²) >= 11 is 4.98. The first-order valence-corrected chi connectivity index (χ1v) is 8.27. The van der Waals surface area contributed by atoms with Crippen LogP contribution < -0.4 is 0 Å². The number of para-hydroxylation sites is 1. The number of rotatable bonds is 4. The second-order valence-electron chi connectivity index (χ2n) is 4.55. The van der Waals surface area contributed by atoms with Gasteiger partial charge < -0.3 is 0 Å². The predicted octanol–water partition coefficient (Wildman–Crippen LogP) is 4.97. The van der Waals surface area contributed by atoms with Crippen LogP contribution in [0.5, 0.6) is 0 Å². The lowest BCUT2D eigenvalue weighted by atomic mass is 10.1. The van der Waals surface area contributed by atoms with Crippen LogP contribution in [0, 0.1) is 0 Å². The van der Waals surface area contributed by atoms with E-state index in [9.17, 15) is 4.79 Å². The fourth-order valence-electron chi connectivity index (χ4n) is 2.11. The summed E-state index contributed by atoms with van der Waals surface area (Å²) in [5, 5.41) is 0.996. The highest BCUT2D eigenvalue weighted by Gasteiger charge is 2.11. The third-order valence-corrected chi connectivity index (χ3v) is 4.59. The van der Waals surface area contributed by atoms with Crippen molar-refractivity contribution in [3.05, 3.63) is 70.8 Å². The van der Waals surface area contributed by atoms with Crippen LogP contribution in [0.25, 0.3) is 10.9 Å². The second kappa shape index (κ2) is 6.41. The zero-order valence-electron chi connectivity index (χ0n) is 11.1. The van der Waals surface area contributed by atoms with Gasteiger partial charge in [0.25, 0.3) is 0 Å². The molecule has 0 saturated heterocycles. The molecule has 0 aliphatic rings. The smallest absolute Gasteiger partial charge is 0.175 e. The lowest BCUT2D eigenvalue weighted by Crippen LogP contribution is -2.04. The molecule has 0 atom stereocenters. The van der Waals surface area contributed by atoms with Gasteiger partial charge in [-0.25, -0.2) is 0 Å². The van der Waals surface area contributed by atoms with Gasteiger partial charge in [0, 0.05) is 26.5 Å². The minimum Gasteiger partial charge on any atom is -0.293 e. The number of aromatic nitrogens is 1. The highest BCUT2D eigenvalue weighted by molar-refractivity contribution is 9.10. The Morgan fingerprint density at radius 2 is 1.90 bits per heavy atom. The lowest BCUT2D eigenvalue weighted by Gasteiger charge is -2.05. The quantitative estimate of drug-likeness (QED) is 0.487. The third kappa shape index (κ3) is 3.34. The molecule has 3 aromatic rings. The van der Waals surface area contributed by atoms with Crippen LogP contribution in [0.3, 0.4) is 0 Å². The molecule has 1 aromatic heterocycles. The molecule has 0 fully saturated rings. The van der Waals surface area contributed by atoms with E-state index >= 15 is 0 Å². The van der Waals surface area contributed by atoms with E-state index < -0.39 is 0 Å². The molecule has 1 heterocycles. The molecular formula is C17H12BrNOS. The Bertz CT molecular complexity index is 798. The van der Waals surface area contributed by atoms with Crippen LogP contribution in [0.2, 0.25) is 0 Å². The van der Waals surface area contributed by atoms with E-state index in [4.69, 9.17) is 0 Å². The first-order chi connectivity index (χ1) is 10.2. The van der Waals surface area contributed by atoms with Gasteiger partial charge in [-0.15, -0.1) is 11.8 Å². The number of fused-ring (bicyclic) bond motifs is 1. The van der Waals surface area contributed by atoms with Crippen LogP contribution in [0.4, 0.5) is 0 Å². The summed E-state index contributed by atoms with van der Waals surface area (Å²) in [7, 11) is 0. The number of benzene rings is 2. The van der Waals surface area contributed by atoms with Crippen molar-refractivity contribution in [2.24, 2.45) is 0 Å². The summed E-state index contributed by atoms with van der Waals surface area (Å²) in [5.41, 5.74) is 1.47. The van der Waals surface area contributed by atoms with Gasteiger partial charge in [0.15, 0.2) is 5.78 Å². The van der Waals surface area contributed by atoms with E-state index in [1.54, 1.807) is 6.20 Å². The number of carbonyl (C=O) groups is 1. The van der Waals surface area contributed by atoms with Crippen molar-refractivity contribution >= 4 is 44.4 Å². The molecule has 4 heteroatoms. The Labute approximate surface area is 135 Å². The molecule has 0 N–H and O–H groups in total. The summed E-state index contributed by atoms with van der Waals surface area (Å²) in [6.07, 6.45) is 1.72. The van der Waals surface area contributed by atoms with Crippen molar-refractivity contribution in [1.82, 2.24) is 4.98 Å². The molecule has 2 nitrogen and oxygen atoms in total. The van der Waals surface area contributed by atoms with Crippen LogP contribution in [-0.4, -0.2) is 16.5 Å².